The van der Waals surface area contributed by atoms with E-state index in [1.165, 1.54) is 0 Å². The maximum atomic E-state index is 13.6. The zero-order chi connectivity index (χ0) is 14.7. The van der Waals surface area contributed by atoms with Crippen LogP contribution in [0.15, 0.2) is 12.1 Å². The van der Waals surface area contributed by atoms with Gasteiger partial charge >= 0.3 is 0 Å². The molecular formula is C13H17ClFN3O2. The van der Waals surface area contributed by atoms with Crippen molar-refractivity contribution in [2.24, 2.45) is 11.7 Å². The summed E-state index contributed by atoms with van der Waals surface area (Å²) in [6.45, 7) is 1.94. The van der Waals surface area contributed by atoms with Crippen molar-refractivity contribution >= 4 is 23.0 Å². The number of hydrogen-bond acceptors (Lipinski definition) is 4. The van der Waals surface area contributed by atoms with Crippen LogP contribution in [-0.2, 0) is 0 Å². The Morgan fingerprint density at radius 2 is 2.30 bits per heavy atom. The van der Waals surface area contributed by atoms with E-state index in [1.807, 2.05) is 4.90 Å². The Bertz CT molecular complexity index is 511. The zero-order valence-corrected chi connectivity index (χ0v) is 11.8. The Morgan fingerprint density at radius 3 is 2.95 bits per heavy atom. The predicted molar refractivity (Wildman–Crippen MR) is 76.7 cm³/mol. The predicted octanol–water partition coefficient (Wildman–Crippen LogP) is 2.95. The number of piperidine rings is 1. The average molecular weight is 302 g/mol. The molecule has 5 nitrogen and oxygen atoms in total. The van der Waals surface area contributed by atoms with E-state index in [1.54, 1.807) is 0 Å². The number of halogens is 2. The van der Waals surface area contributed by atoms with Crippen molar-refractivity contribution in [2.75, 3.05) is 24.5 Å². The molecule has 1 aliphatic heterocycles. The van der Waals surface area contributed by atoms with Crippen LogP contribution in [0.5, 0.6) is 0 Å². The molecule has 0 amide bonds. The molecule has 1 aromatic rings. The molecule has 1 aliphatic rings. The molecule has 0 spiro atoms. The van der Waals surface area contributed by atoms with E-state index in [2.05, 4.69) is 0 Å². The molecular weight excluding hydrogens is 285 g/mol. The van der Waals surface area contributed by atoms with Gasteiger partial charge in [0.15, 0.2) is 0 Å². The van der Waals surface area contributed by atoms with Crippen LogP contribution >= 0.6 is 11.6 Å². The maximum absolute atomic E-state index is 13.6. The fraction of sp³-hybridized carbons (Fsp3) is 0.538. The molecule has 2 rings (SSSR count). The van der Waals surface area contributed by atoms with Crippen LogP contribution < -0.4 is 10.6 Å². The highest BCUT2D eigenvalue weighted by Gasteiger charge is 2.26. The number of nitrogens with zero attached hydrogens (tertiary/aromatic N) is 2. The molecule has 0 bridgehead atoms. The molecule has 0 aliphatic carbocycles. The zero-order valence-electron chi connectivity index (χ0n) is 11.0. The van der Waals surface area contributed by atoms with Crippen molar-refractivity contribution in [3.63, 3.8) is 0 Å². The van der Waals surface area contributed by atoms with E-state index in [-0.39, 0.29) is 10.7 Å². The Labute approximate surface area is 121 Å². The van der Waals surface area contributed by atoms with Crippen molar-refractivity contribution in [2.45, 2.75) is 19.3 Å². The van der Waals surface area contributed by atoms with Crippen LogP contribution in [-0.4, -0.2) is 24.6 Å². The minimum Gasteiger partial charge on any atom is -0.366 e. The van der Waals surface area contributed by atoms with E-state index < -0.39 is 10.7 Å². The Kier molecular flexibility index (Phi) is 4.77. The molecule has 1 aromatic carbocycles. The van der Waals surface area contributed by atoms with E-state index in [9.17, 15) is 14.5 Å². The highest BCUT2D eigenvalue weighted by molar-refractivity contribution is 6.31. The molecule has 0 aromatic heterocycles. The van der Waals surface area contributed by atoms with Gasteiger partial charge in [-0.2, -0.15) is 0 Å². The van der Waals surface area contributed by atoms with Gasteiger partial charge in [-0.15, -0.1) is 0 Å². The summed E-state index contributed by atoms with van der Waals surface area (Å²) in [4.78, 5) is 12.5. The Morgan fingerprint density at radius 1 is 1.55 bits per heavy atom. The van der Waals surface area contributed by atoms with Crippen LogP contribution in [0.1, 0.15) is 19.3 Å². The van der Waals surface area contributed by atoms with Gasteiger partial charge in [-0.3, -0.25) is 10.1 Å². The molecule has 1 atom stereocenters. The second-order valence-electron chi connectivity index (χ2n) is 5.04. The Hall–Kier alpha value is -1.40. The summed E-state index contributed by atoms with van der Waals surface area (Å²) in [7, 11) is 0. The lowest BCUT2D eigenvalue weighted by Crippen LogP contribution is -2.36. The van der Waals surface area contributed by atoms with Crippen LogP contribution in [0.3, 0.4) is 0 Å². The van der Waals surface area contributed by atoms with Crippen LogP contribution in [0.4, 0.5) is 15.8 Å². The first-order chi connectivity index (χ1) is 9.52. The van der Waals surface area contributed by atoms with Crippen molar-refractivity contribution in [3.8, 4) is 0 Å². The standard InChI is InChI=1S/C13H17ClFN3O2/c14-10-6-13(18(19)20)12(7-11(10)15)17-5-1-2-9(8-17)3-4-16/h6-7,9H,1-5,8,16H2. The minimum atomic E-state index is -0.631. The van der Waals surface area contributed by atoms with Gasteiger partial charge in [0, 0.05) is 25.2 Å². The van der Waals surface area contributed by atoms with E-state index in [0.717, 1.165) is 31.4 Å². The summed E-state index contributed by atoms with van der Waals surface area (Å²) in [5, 5.41) is 10.9. The Balaban J connectivity index is 2.31. The highest BCUT2D eigenvalue weighted by Crippen LogP contribution is 2.35. The lowest BCUT2D eigenvalue weighted by atomic mass is 9.94. The SMILES string of the molecule is NCCC1CCCN(c2cc(F)c(Cl)cc2[N+](=O)[O-])C1. The summed E-state index contributed by atoms with van der Waals surface area (Å²) in [5.74, 6) is -0.236. The molecule has 110 valence electrons. The largest absolute Gasteiger partial charge is 0.366 e. The highest BCUT2D eigenvalue weighted by atomic mass is 35.5. The molecule has 1 heterocycles. The number of anilines is 1. The van der Waals surface area contributed by atoms with Gasteiger partial charge in [-0.05, 0) is 31.7 Å². The topological polar surface area (TPSA) is 72.4 Å². The maximum Gasteiger partial charge on any atom is 0.294 e. The summed E-state index contributed by atoms with van der Waals surface area (Å²) in [6, 6.07) is 2.24. The second kappa shape index (κ2) is 6.37. The fourth-order valence-electron chi connectivity index (χ4n) is 2.68. The third-order valence-electron chi connectivity index (χ3n) is 3.65. The van der Waals surface area contributed by atoms with Crippen LogP contribution in [0, 0.1) is 21.8 Å². The van der Waals surface area contributed by atoms with Crippen molar-refractivity contribution < 1.29 is 9.31 Å². The molecule has 2 N–H and O–H groups in total. The van der Waals surface area contributed by atoms with Gasteiger partial charge in [-0.25, -0.2) is 4.39 Å². The number of benzene rings is 1. The quantitative estimate of drug-likeness (QED) is 0.685. The van der Waals surface area contributed by atoms with Gasteiger partial charge in [-0.1, -0.05) is 11.6 Å². The molecule has 1 saturated heterocycles. The molecule has 0 saturated carbocycles. The van der Waals surface area contributed by atoms with Gasteiger partial charge in [0.05, 0.1) is 9.95 Å². The third-order valence-corrected chi connectivity index (χ3v) is 3.94. The number of nitro benzene ring substituents is 1. The first-order valence-corrected chi connectivity index (χ1v) is 6.99. The van der Waals surface area contributed by atoms with E-state index >= 15 is 0 Å². The first-order valence-electron chi connectivity index (χ1n) is 6.61. The normalized spacial score (nSPS) is 19.1. The van der Waals surface area contributed by atoms with Crippen molar-refractivity contribution in [1.29, 1.82) is 0 Å². The smallest absolute Gasteiger partial charge is 0.294 e. The monoisotopic (exact) mass is 301 g/mol. The van der Waals surface area contributed by atoms with E-state index in [0.29, 0.717) is 31.2 Å². The van der Waals surface area contributed by atoms with Crippen LogP contribution in [0.25, 0.3) is 0 Å². The number of nitro groups is 1. The van der Waals surface area contributed by atoms with Gasteiger partial charge < -0.3 is 10.6 Å². The third kappa shape index (κ3) is 3.19. The minimum absolute atomic E-state index is 0.148. The fourth-order valence-corrected chi connectivity index (χ4v) is 2.84. The number of nitrogens with two attached hydrogens (primary N) is 1. The number of rotatable bonds is 4. The van der Waals surface area contributed by atoms with Crippen molar-refractivity contribution in [3.05, 3.63) is 33.1 Å². The first kappa shape index (κ1) is 15.0. The van der Waals surface area contributed by atoms with Gasteiger partial charge in [0.25, 0.3) is 5.69 Å². The van der Waals surface area contributed by atoms with Gasteiger partial charge in [0.2, 0.25) is 0 Å². The summed E-state index contributed by atoms with van der Waals surface area (Å²) < 4.78 is 13.6. The molecule has 20 heavy (non-hydrogen) atoms. The van der Waals surface area contributed by atoms with Crippen molar-refractivity contribution in [1.82, 2.24) is 0 Å². The summed E-state index contributed by atoms with van der Waals surface area (Å²) in [5.41, 5.74) is 5.72. The lowest BCUT2D eigenvalue weighted by molar-refractivity contribution is -0.384. The number of hydrogen-bond donors (Lipinski definition) is 1. The van der Waals surface area contributed by atoms with E-state index in [4.69, 9.17) is 17.3 Å². The average Bonchev–Trinajstić information content (AvgIpc) is 2.42. The lowest BCUT2D eigenvalue weighted by Gasteiger charge is -2.34. The summed E-state index contributed by atoms with van der Waals surface area (Å²) in [6.07, 6.45) is 2.85. The molecule has 7 heteroatoms. The summed E-state index contributed by atoms with van der Waals surface area (Å²) >= 11 is 5.63. The van der Waals surface area contributed by atoms with Crippen LogP contribution in [0.2, 0.25) is 5.02 Å². The molecule has 1 fully saturated rings. The van der Waals surface area contributed by atoms with Gasteiger partial charge in [0.1, 0.15) is 11.5 Å². The molecule has 0 radical (unpaired) electrons. The second-order valence-corrected chi connectivity index (χ2v) is 5.45. The molecule has 1 unspecified atom stereocenters.